The van der Waals surface area contributed by atoms with Gasteiger partial charge in [-0.25, -0.2) is 9.18 Å². The van der Waals surface area contributed by atoms with Crippen molar-refractivity contribution in [3.63, 3.8) is 0 Å². The molecule has 1 aliphatic heterocycles. The van der Waals surface area contributed by atoms with Crippen molar-refractivity contribution in [2.45, 2.75) is 19.7 Å². The summed E-state index contributed by atoms with van der Waals surface area (Å²) in [5.41, 5.74) is 2.56. The minimum absolute atomic E-state index is 0.121. The van der Waals surface area contributed by atoms with E-state index in [0.717, 1.165) is 5.56 Å². The Balaban J connectivity index is 1.41. The zero-order chi connectivity index (χ0) is 19.5. The van der Waals surface area contributed by atoms with Crippen LogP contribution in [0.15, 0.2) is 48.5 Å². The molecule has 0 aliphatic carbocycles. The third-order valence-electron chi connectivity index (χ3n) is 4.21. The SMILES string of the molecule is N#CN1Cc2nn(-c3ccc(NC(=O)OCc4ccccc4)cc3F)nc2C1. The standard InChI is InChI=1S/C19H15FN6O2/c20-15-8-14(22-19(27)28-11-13-4-2-1-3-5-13)6-7-18(15)26-23-16-9-25(12-21)10-17(16)24-26/h1-8H,9-11H2,(H,22,27). The number of anilines is 1. The Bertz CT molecular complexity index is 1040. The van der Waals surface area contributed by atoms with E-state index in [2.05, 4.69) is 15.5 Å². The maximum Gasteiger partial charge on any atom is 0.411 e. The van der Waals surface area contributed by atoms with Crippen LogP contribution in [-0.4, -0.2) is 26.0 Å². The highest BCUT2D eigenvalue weighted by molar-refractivity contribution is 5.84. The monoisotopic (exact) mass is 378 g/mol. The van der Waals surface area contributed by atoms with E-state index in [9.17, 15) is 9.18 Å². The largest absolute Gasteiger partial charge is 0.444 e. The summed E-state index contributed by atoms with van der Waals surface area (Å²) in [6.45, 7) is 0.844. The van der Waals surface area contributed by atoms with Gasteiger partial charge in [0.1, 0.15) is 23.7 Å². The van der Waals surface area contributed by atoms with Crippen LogP contribution >= 0.6 is 0 Å². The van der Waals surface area contributed by atoms with Crippen LogP contribution in [-0.2, 0) is 24.4 Å². The van der Waals surface area contributed by atoms with Gasteiger partial charge in [-0.05, 0) is 23.8 Å². The van der Waals surface area contributed by atoms with Gasteiger partial charge in [-0.15, -0.1) is 4.80 Å². The molecule has 0 radical (unpaired) electrons. The Labute approximate surface area is 159 Å². The number of nitrogens with one attached hydrogen (secondary N) is 1. The van der Waals surface area contributed by atoms with Gasteiger partial charge in [0.25, 0.3) is 0 Å². The molecule has 2 aromatic carbocycles. The van der Waals surface area contributed by atoms with E-state index in [4.69, 9.17) is 10.00 Å². The molecule has 0 spiro atoms. The molecule has 4 rings (SSSR count). The quantitative estimate of drug-likeness (QED) is 0.701. The van der Waals surface area contributed by atoms with Crippen LogP contribution in [0.25, 0.3) is 5.69 Å². The average molecular weight is 378 g/mol. The van der Waals surface area contributed by atoms with Crippen LogP contribution in [0.1, 0.15) is 17.0 Å². The summed E-state index contributed by atoms with van der Waals surface area (Å²) >= 11 is 0. The van der Waals surface area contributed by atoms with Gasteiger partial charge in [0.15, 0.2) is 12.0 Å². The molecule has 0 fully saturated rings. The first-order valence-electron chi connectivity index (χ1n) is 8.50. The predicted molar refractivity (Wildman–Crippen MR) is 96.4 cm³/mol. The van der Waals surface area contributed by atoms with Crippen LogP contribution in [0.2, 0.25) is 0 Å². The Morgan fingerprint density at radius 1 is 1.18 bits per heavy atom. The van der Waals surface area contributed by atoms with E-state index in [0.29, 0.717) is 24.5 Å². The number of benzene rings is 2. The van der Waals surface area contributed by atoms with Gasteiger partial charge in [-0.3, -0.25) is 10.2 Å². The molecule has 1 N–H and O–H groups in total. The van der Waals surface area contributed by atoms with Gasteiger partial charge in [-0.2, -0.15) is 15.5 Å². The van der Waals surface area contributed by atoms with Crippen molar-refractivity contribution in [1.82, 2.24) is 19.9 Å². The van der Waals surface area contributed by atoms with Crippen molar-refractivity contribution in [1.29, 1.82) is 5.26 Å². The van der Waals surface area contributed by atoms with Crippen LogP contribution < -0.4 is 5.32 Å². The number of fused-ring (bicyclic) bond motifs is 1. The lowest BCUT2D eigenvalue weighted by Gasteiger charge is -2.09. The molecular formula is C19H15FN6O2. The fraction of sp³-hybridized carbons (Fsp3) is 0.158. The number of ether oxygens (including phenoxy) is 1. The molecule has 8 nitrogen and oxygen atoms in total. The Kier molecular flexibility index (Phi) is 4.60. The van der Waals surface area contributed by atoms with Crippen molar-refractivity contribution in [3.8, 4) is 11.9 Å². The van der Waals surface area contributed by atoms with Gasteiger partial charge in [-0.1, -0.05) is 30.3 Å². The number of carbonyl (C=O) groups excluding carboxylic acids is 1. The second kappa shape index (κ2) is 7.36. The van der Waals surface area contributed by atoms with Crippen molar-refractivity contribution in [3.05, 3.63) is 71.3 Å². The number of aromatic nitrogens is 3. The molecular weight excluding hydrogens is 363 g/mol. The van der Waals surface area contributed by atoms with E-state index in [1.54, 1.807) is 0 Å². The molecule has 28 heavy (non-hydrogen) atoms. The molecule has 0 unspecified atom stereocenters. The van der Waals surface area contributed by atoms with Crippen LogP contribution in [0.4, 0.5) is 14.9 Å². The molecule has 3 aromatic rings. The van der Waals surface area contributed by atoms with E-state index >= 15 is 0 Å². The van der Waals surface area contributed by atoms with E-state index in [-0.39, 0.29) is 18.0 Å². The maximum absolute atomic E-state index is 14.5. The smallest absolute Gasteiger partial charge is 0.411 e. The number of rotatable bonds is 4. The molecule has 0 saturated heterocycles. The third-order valence-corrected chi connectivity index (χ3v) is 4.21. The molecule has 9 heteroatoms. The lowest BCUT2D eigenvalue weighted by molar-refractivity contribution is 0.155. The Morgan fingerprint density at radius 3 is 2.54 bits per heavy atom. The number of hydrogen-bond donors (Lipinski definition) is 1. The summed E-state index contributed by atoms with van der Waals surface area (Å²) in [5, 5.41) is 19.9. The van der Waals surface area contributed by atoms with Crippen LogP contribution in [0, 0.1) is 17.3 Å². The topological polar surface area (TPSA) is 96.1 Å². The van der Waals surface area contributed by atoms with Gasteiger partial charge < -0.3 is 4.74 Å². The highest BCUT2D eigenvalue weighted by atomic mass is 19.1. The van der Waals surface area contributed by atoms with Gasteiger partial charge in [0.2, 0.25) is 0 Å². The Hall–Kier alpha value is -3.93. The number of nitriles is 1. The number of halogens is 1. The van der Waals surface area contributed by atoms with Crippen LogP contribution in [0.5, 0.6) is 0 Å². The zero-order valence-electron chi connectivity index (χ0n) is 14.7. The number of hydrogen-bond acceptors (Lipinski definition) is 6. The molecule has 0 bridgehead atoms. The molecule has 2 heterocycles. The second-order valence-electron chi connectivity index (χ2n) is 6.19. The second-order valence-corrected chi connectivity index (χ2v) is 6.19. The first kappa shape index (κ1) is 17.5. The fourth-order valence-electron chi connectivity index (χ4n) is 2.83. The number of amides is 1. The van der Waals surface area contributed by atoms with Gasteiger partial charge in [0.05, 0.1) is 13.1 Å². The highest BCUT2D eigenvalue weighted by Crippen LogP contribution is 2.22. The van der Waals surface area contributed by atoms with Crippen molar-refractivity contribution < 1.29 is 13.9 Å². The van der Waals surface area contributed by atoms with E-state index in [1.165, 1.54) is 27.9 Å². The molecule has 0 saturated carbocycles. The number of carbonyl (C=O) groups is 1. The lowest BCUT2D eigenvalue weighted by Crippen LogP contribution is -2.14. The molecule has 1 amide bonds. The van der Waals surface area contributed by atoms with Crippen molar-refractivity contribution in [2.75, 3.05) is 5.32 Å². The predicted octanol–water partition coefficient (Wildman–Crippen LogP) is 2.95. The first-order chi connectivity index (χ1) is 13.6. The maximum atomic E-state index is 14.5. The number of nitrogens with zero attached hydrogens (tertiary/aromatic N) is 5. The molecule has 0 atom stereocenters. The summed E-state index contributed by atoms with van der Waals surface area (Å²) in [4.78, 5) is 14.6. The molecule has 1 aliphatic rings. The summed E-state index contributed by atoms with van der Waals surface area (Å²) in [5.74, 6) is -0.591. The Morgan fingerprint density at radius 2 is 1.89 bits per heavy atom. The normalized spacial score (nSPS) is 12.4. The first-order valence-corrected chi connectivity index (χ1v) is 8.50. The molecule has 1 aromatic heterocycles. The van der Waals surface area contributed by atoms with E-state index in [1.807, 2.05) is 36.5 Å². The minimum atomic E-state index is -0.677. The van der Waals surface area contributed by atoms with Crippen LogP contribution in [0.3, 0.4) is 0 Å². The fourth-order valence-corrected chi connectivity index (χ4v) is 2.83. The third kappa shape index (κ3) is 3.61. The van der Waals surface area contributed by atoms with Gasteiger partial charge >= 0.3 is 6.09 Å². The summed E-state index contributed by atoms with van der Waals surface area (Å²) in [7, 11) is 0. The van der Waals surface area contributed by atoms with Crippen molar-refractivity contribution in [2.24, 2.45) is 0 Å². The minimum Gasteiger partial charge on any atom is -0.444 e. The van der Waals surface area contributed by atoms with Crippen molar-refractivity contribution >= 4 is 11.8 Å². The van der Waals surface area contributed by atoms with E-state index < -0.39 is 11.9 Å². The molecule has 140 valence electrons. The summed E-state index contributed by atoms with van der Waals surface area (Å²) < 4.78 is 19.6. The summed E-state index contributed by atoms with van der Waals surface area (Å²) in [6, 6.07) is 13.4. The highest BCUT2D eigenvalue weighted by Gasteiger charge is 2.24. The lowest BCUT2D eigenvalue weighted by atomic mass is 10.2. The summed E-state index contributed by atoms with van der Waals surface area (Å²) in [6.07, 6.45) is 1.35. The average Bonchev–Trinajstić information content (AvgIpc) is 3.26. The zero-order valence-corrected chi connectivity index (χ0v) is 14.7. The van der Waals surface area contributed by atoms with Gasteiger partial charge in [0, 0.05) is 5.69 Å².